The van der Waals surface area contributed by atoms with Gasteiger partial charge in [-0.15, -0.1) is 0 Å². The summed E-state index contributed by atoms with van der Waals surface area (Å²) in [4.78, 5) is 0. The number of benzene rings is 4. The van der Waals surface area contributed by atoms with Crippen molar-refractivity contribution in [1.29, 1.82) is 0 Å². The van der Waals surface area contributed by atoms with Crippen LogP contribution in [-0.4, -0.2) is 7.11 Å². The highest BCUT2D eigenvalue weighted by Crippen LogP contribution is 2.35. The van der Waals surface area contributed by atoms with E-state index in [-0.39, 0.29) is 0 Å². The van der Waals surface area contributed by atoms with Crippen molar-refractivity contribution in [3.63, 3.8) is 0 Å². The van der Waals surface area contributed by atoms with E-state index in [1.807, 2.05) is 31.2 Å². The summed E-state index contributed by atoms with van der Waals surface area (Å²) in [5.74, 6) is 1.49. The summed E-state index contributed by atoms with van der Waals surface area (Å²) >= 11 is 8.54. The van der Waals surface area contributed by atoms with E-state index in [1.54, 1.807) is 7.11 Å². The molecule has 0 bridgehead atoms. The molecule has 4 aromatic rings. The standard InChI is InChI=1S/C26H23ClINO2/c1-17-22(27)11-6-12-24(17)29-15-18-13-23(28)26(25(14-18)30-2)31-16-20-9-5-8-19-7-3-4-10-21(19)20/h3-14,29H,15-16H2,1-2H3. The molecule has 0 saturated carbocycles. The third-order valence-corrected chi connectivity index (χ3v) is 6.50. The van der Waals surface area contributed by atoms with Gasteiger partial charge in [0.2, 0.25) is 0 Å². The number of nitrogens with one attached hydrogen (secondary N) is 1. The highest BCUT2D eigenvalue weighted by molar-refractivity contribution is 14.1. The number of anilines is 1. The molecule has 0 aliphatic carbocycles. The SMILES string of the molecule is COc1cc(CNc2cccc(Cl)c2C)cc(I)c1OCc1cccc2ccccc12. The second-order valence-electron chi connectivity index (χ2n) is 7.30. The fraction of sp³-hybridized carbons (Fsp3) is 0.154. The Kier molecular flexibility index (Phi) is 6.88. The molecular formula is C26H23ClINO2. The van der Waals surface area contributed by atoms with Gasteiger partial charge in [0.05, 0.1) is 10.7 Å². The van der Waals surface area contributed by atoms with Crippen LogP contribution < -0.4 is 14.8 Å². The Morgan fingerprint density at radius 3 is 2.58 bits per heavy atom. The first-order chi connectivity index (χ1) is 15.1. The smallest absolute Gasteiger partial charge is 0.174 e. The maximum Gasteiger partial charge on any atom is 0.174 e. The van der Waals surface area contributed by atoms with Crippen LogP contribution in [0.3, 0.4) is 0 Å². The van der Waals surface area contributed by atoms with Crippen molar-refractivity contribution >= 4 is 50.7 Å². The van der Waals surface area contributed by atoms with Gasteiger partial charge >= 0.3 is 0 Å². The lowest BCUT2D eigenvalue weighted by atomic mass is 10.1. The Morgan fingerprint density at radius 1 is 0.968 bits per heavy atom. The Labute approximate surface area is 201 Å². The molecule has 0 fully saturated rings. The number of ether oxygens (including phenoxy) is 2. The number of halogens is 2. The van der Waals surface area contributed by atoms with Crippen molar-refractivity contribution in [2.45, 2.75) is 20.1 Å². The fourth-order valence-electron chi connectivity index (χ4n) is 3.58. The van der Waals surface area contributed by atoms with E-state index < -0.39 is 0 Å². The molecular weight excluding hydrogens is 521 g/mol. The minimum Gasteiger partial charge on any atom is -0.493 e. The summed E-state index contributed by atoms with van der Waals surface area (Å²) in [5, 5.41) is 6.64. The third kappa shape index (κ3) is 4.91. The fourth-order valence-corrected chi connectivity index (χ4v) is 4.58. The highest BCUT2D eigenvalue weighted by atomic mass is 127. The first-order valence-electron chi connectivity index (χ1n) is 10.0. The van der Waals surface area contributed by atoms with Crippen molar-refractivity contribution < 1.29 is 9.47 Å². The average Bonchev–Trinajstić information content (AvgIpc) is 2.79. The van der Waals surface area contributed by atoms with Gasteiger partial charge in [-0.25, -0.2) is 0 Å². The second-order valence-corrected chi connectivity index (χ2v) is 8.87. The number of hydrogen-bond acceptors (Lipinski definition) is 3. The Hall–Kier alpha value is -2.44. The van der Waals surface area contributed by atoms with Crippen molar-refractivity contribution in [2.24, 2.45) is 0 Å². The van der Waals surface area contributed by atoms with Crippen molar-refractivity contribution in [1.82, 2.24) is 0 Å². The summed E-state index contributed by atoms with van der Waals surface area (Å²) in [7, 11) is 1.68. The van der Waals surface area contributed by atoms with Crippen LogP contribution in [0, 0.1) is 10.5 Å². The van der Waals surface area contributed by atoms with Crippen LogP contribution in [0.25, 0.3) is 10.8 Å². The molecule has 0 amide bonds. The van der Waals surface area contributed by atoms with Gasteiger partial charge in [-0.2, -0.15) is 0 Å². The van der Waals surface area contributed by atoms with Crippen molar-refractivity contribution in [3.05, 3.63) is 98.1 Å². The molecule has 0 radical (unpaired) electrons. The lowest BCUT2D eigenvalue weighted by molar-refractivity contribution is 0.283. The normalized spacial score (nSPS) is 10.8. The summed E-state index contributed by atoms with van der Waals surface area (Å²) in [6.07, 6.45) is 0. The predicted octanol–water partition coefficient (Wildman–Crippen LogP) is 7.61. The van der Waals surface area contributed by atoms with E-state index in [0.29, 0.717) is 13.2 Å². The van der Waals surface area contributed by atoms with Gasteiger partial charge in [-0.1, -0.05) is 60.1 Å². The second kappa shape index (κ2) is 9.79. The molecule has 158 valence electrons. The zero-order valence-electron chi connectivity index (χ0n) is 17.4. The van der Waals surface area contributed by atoms with Crippen LogP contribution >= 0.6 is 34.2 Å². The topological polar surface area (TPSA) is 30.5 Å². The zero-order chi connectivity index (χ0) is 21.8. The minimum atomic E-state index is 0.479. The molecule has 0 atom stereocenters. The van der Waals surface area contributed by atoms with E-state index in [1.165, 1.54) is 10.8 Å². The molecule has 0 spiro atoms. The lowest BCUT2D eigenvalue weighted by Gasteiger charge is -2.16. The van der Waals surface area contributed by atoms with Crippen molar-refractivity contribution in [3.8, 4) is 11.5 Å². The third-order valence-electron chi connectivity index (χ3n) is 5.29. The molecule has 5 heteroatoms. The molecule has 4 aromatic carbocycles. The Balaban J connectivity index is 1.53. The maximum atomic E-state index is 6.24. The Morgan fingerprint density at radius 2 is 1.74 bits per heavy atom. The maximum absolute atomic E-state index is 6.24. The van der Waals surface area contributed by atoms with E-state index in [2.05, 4.69) is 76.4 Å². The molecule has 0 aliphatic rings. The van der Waals surface area contributed by atoms with Crippen LogP contribution in [0.1, 0.15) is 16.7 Å². The van der Waals surface area contributed by atoms with Crippen LogP contribution in [0.2, 0.25) is 5.02 Å². The number of fused-ring (bicyclic) bond motifs is 1. The van der Waals surface area contributed by atoms with Gasteiger partial charge in [-0.3, -0.25) is 0 Å². The van der Waals surface area contributed by atoms with Gasteiger partial charge < -0.3 is 14.8 Å². The largest absolute Gasteiger partial charge is 0.493 e. The summed E-state index contributed by atoms with van der Waals surface area (Å²) in [6.45, 7) is 3.16. The van der Waals surface area contributed by atoms with E-state index in [0.717, 1.165) is 42.5 Å². The molecule has 0 heterocycles. The molecule has 1 N–H and O–H groups in total. The number of rotatable bonds is 7. The molecule has 4 rings (SSSR count). The molecule has 0 aliphatic heterocycles. The quantitative estimate of drug-likeness (QED) is 0.243. The monoisotopic (exact) mass is 543 g/mol. The van der Waals surface area contributed by atoms with Crippen LogP contribution in [0.15, 0.2) is 72.8 Å². The summed E-state index contributed by atoms with van der Waals surface area (Å²) < 4.78 is 12.9. The molecule has 0 aromatic heterocycles. The Bertz CT molecular complexity index is 1220. The lowest BCUT2D eigenvalue weighted by Crippen LogP contribution is -2.04. The van der Waals surface area contributed by atoms with Gasteiger partial charge in [0, 0.05) is 17.3 Å². The van der Waals surface area contributed by atoms with Gasteiger partial charge in [-0.05, 0) is 81.2 Å². The number of hydrogen-bond donors (Lipinski definition) is 1. The number of methoxy groups -OCH3 is 1. The summed E-state index contributed by atoms with van der Waals surface area (Å²) in [5.41, 5.74) is 4.33. The molecule has 31 heavy (non-hydrogen) atoms. The van der Waals surface area contributed by atoms with Crippen LogP contribution in [0.5, 0.6) is 11.5 Å². The predicted molar refractivity (Wildman–Crippen MR) is 138 cm³/mol. The van der Waals surface area contributed by atoms with Gasteiger partial charge in [0.25, 0.3) is 0 Å². The van der Waals surface area contributed by atoms with Gasteiger partial charge in [0.15, 0.2) is 11.5 Å². The zero-order valence-corrected chi connectivity index (χ0v) is 20.3. The minimum absolute atomic E-state index is 0.479. The molecule has 0 saturated heterocycles. The van der Waals surface area contributed by atoms with E-state index >= 15 is 0 Å². The first kappa shape index (κ1) is 21.8. The van der Waals surface area contributed by atoms with E-state index in [9.17, 15) is 0 Å². The molecule has 3 nitrogen and oxygen atoms in total. The molecule has 0 unspecified atom stereocenters. The van der Waals surface area contributed by atoms with Gasteiger partial charge in [0.1, 0.15) is 6.61 Å². The highest BCUT2D eigenvalue weighted by Gasteiger charge is 2.13. The first-order valence-corrected chi connectivity index (χ1v) is 11.5. The van der Waals surface area contributed by atoms with E-state index in [4.69, 9.17) is 21.1 Å². The van der Waals surface area contributed by atoms with Crippen LogP contribution in [-0.2, 0) is 13.2 Å². The average molecular weight is 544 g/mol. The summed E-state index contributed by atoms with van der Waals surface area (Å²) in [6, 6.07) is 24.7. The van der Waals surface area contributed by atoms with Crippen LogP contribution in [0.4, 0.5) is 5.69 Å². The van der Waals surface area contributed by atoms with Crippen molar-refractivity contribution in [2.75, 3.05) is 12.4 Å².